The van der Waals surface area contributed by atoms with Crippen LogP contribution in [-0.2, 0) is 0 Å². The van der Waals surface area contributed by atoms with E-state index < -0.39 is 0 Å². The van der Waals surface area contributed by atoms with E-state index in [1.165, 1.54) is 86.8 Å². The van der Waals surface area contributed by atoms with Crippen molar-refractivity contribution in [1.29, 1.82) is 0 Å². The summed E-state index contributed by atoms with van der Waals surface area (Å²) in [6, 6.07) is 0. The summed E-state index contributed by atoms with van der Waals surface area (Å²) in [4.78, 5) is 0. The Morgan fingerprint density at radius 3 is 0.864 bits per heavy atom. The molecule has 1 rings (SSSR count). The van der Waals surface area contributed by atoms with Gasteiger partial charge in [-0.1, -0.05) is 0 Å². The van der Waals surface area contributed by atoms with Crippen LogP contribution >= 0.6 is 0 Å². The predicted octanol–water partition coefficient (Wildman–Crippen LogP) is 4.10. The average Bonchev–Trinajstić information content (AvgIpc) is 2.53. The third-order valence-electron chi connectivity index (χ3n) is 3.88. The Kier molecular flexibility index (Phi) is 21.5. The van der Waals surface area contributed by atoms with Gasteiger partial charge in [-0.3, -0.25) is 0 Å². The first-order chi connectivity index (χ1) is 11.0. The van der Waals surface area contributed by atoms with Gasteiger partial charge in [-0.05, 0) is 0 Å². The maximum absolute atomic E-state index is 1.63. The first kappa shape index (κ1) is 23.2. The SMILES string of the molecule is C1CCCCCCCC[Se][Se][Se][Se][Se][Se]CCCCCCC1. The molecule has 6 heteroatoms. The Morgan fingerprint density at radius 1 is 0.273 bits per heavy atom. The summed E-state index contributed by atoms with van der Waals surface area (Å²) >= 11 is 6.81. The third-order valence-corrected chi connectivity index (χ3v) is 83.5. The zero-order chi connectivity index (χ0) is 15.6. The third kappa shape index (κ3) is 17.9. The van der Waals surface area contributed by atoms with Crippen molar-refractivity contribution in [3.63, 3.8) is 0 Å². The maximum atomic E-state index is 1.63. The first-order valence-electron chi connectivity index (χ1n) is 8.91. The van der Waals surface area contributed by atoms with Crippen LogP contribution in [-0.4, -0.2) is 71.5 Å². The van der Waals surface area contributed by atoms with Crippen LogP contribution in [0, 0.1) is 0 Å². The zero-order valence-electron chi connectivity index (χ0n) is 13.8. The molecule has 0 atom stereocenters. The normalized spacial score (nSPS) is 24.0. The van der Waals surface area contributed by atoms with E-state index in [-0.39, 0.29) is 0 Å². The van der Waals surface area contributed by atoms with Gasteiger partial charge in [-0.15, -0.1) is 0 Å². The van der Waals surface area contributed by atoms with Crippen LogP contribution in [0.3, 0.4) is 0 Å². The predicted molar refractivity (Wildman–Crippen MR) is 109 cm³/mol. The van der Waals surface area contributed by atoms with Crippen molar-refractivity contribution in [2.24, 2.45) is 0 Å². The van der Waals surface area contributed by atoms with Gasteiger partial charge >= 0.3 is 172 Å². The Hall–Kier alpha value is 3.12. The molecule has 0 aromatic carbocycles. The Morgan fingerprint density at radius 2 is 0.545 bits per heavy atom. The van der Waals surface area contributed by atoms with Gasteiger partial charge in [0, 0.05) is 0 Å². The van der Waals surface area contributed by atoms with Crippen LogP contribution in [0.5, 0.6) is 0 Å². The molecule has 0 aromatic rings. The van der Waals surface area contributed by atoms with Gasteiger partial charge in [0.15, 0.2) is 0 Å². The summed E-state index contributed by atoms with van der Waals surface area (Å²) in [5, 5.41) is 3.26. The Balaban J connectivity index is 2.00. The number of hydrogen-bond donors (Lipinski definition) is 0. The second-order valence-corrected chi connectivity index (χ2v) is 51.6. The zero-order valence-corrected chi connectivity index (χ0v) is 24.0. The molecule has 132 valence electrons. The van der Waals surface area contributed by atoms with E-state index in [2.05, 4.69) is 0 Å². The molecule has 0 aliphatic carbocycles. The Labute approximate surface area is 170 Å². The van der Waals surface area contributed by atoms with Crippen molar-refractivity contribution < 1.29 is 0 Å². The van der Waals surface area contributed by atoms with E-state index in [0.717, 1.165) is 48.9 Å². The minimum atomic E-state index is 1.09. The number of hydrogen-bond acceptors (Lipinski definition) is 0. The summed E-state index contributed by atoms with van der Waals surface area (Å²) in [5.41, 5.74) is 0. The molecule has 0 spiro atoms. The molecule has 1 heterocycles. The molecule has 0 bridgehead atoms. The van der Waals surface area contributed by atoms with E-state index in [1.54, 1.807) is 36.3 Å². The second-order valence-electron chi connectivity index (χ2n) is 5.87. The van der Waals surface area contributed by atoms with Gasteiger partial charge in [0.2, 0.25) is 0 Å². The molecular weight excluding hydrogens is 666 g/mol. The van der Waals surface area contributed by atoms with Crippen LogP contribution in [0.4, 0.5) is 0 Å². The fraction of sp³-hybridized carbons (Fsp3) is 1.00. The van der Waals surface area contributed by atoms with Gasteiger partial charge in [0.1, 0.15) is 0 Å². The minimum absolute atomic E-state index is 1.09. The van der Waals surface area contributed by atoms with Crippen molar-refractivity contribution in [2.45, 2.75) is 101 Å². The molecular formula is C16H32Se6. The van der Waals surface area contributed by atoms with Crippen molar-refractivity contribution in [1.82, 2.24) is 0 Å². The fourth-order valence-electron chi connectivity index (χ4n) is 2.57. The standard InChI is InChI=1S/C16H32Se6/c1-2-4-6-8-10-12-14-16-18-20-22-21-19-17-15-13-11-9-7-5-3-1/h1-16H2. The molecule has 0 aromatic heterocycles. The van der Waals surface area contributed by atoms with Crippen LogP contribution in [0.25, 0.3) is 0 Å². The molecule has 0 radical (unpaired) electrons. The summed E-state index contributed by atoms with van der Waals surface area (Å²) in [7, 11) is 0. The van der Waals surface area contributed by atoms with E-state index in [1.807, 2.05) is 0 Å². The van der Waals surface area contributed by atoms with E-state index in [4.69, 9.17) is 0 Å². The monoisotopic (exact) mass is 704 g/mol. The van der Waals surface area contributed by atoms with Gasteiger partial charge < -0.3 is 0 Å². The molecule has 0 saturated carbocycles. The quantitative estimate of drug-likeness (QED) is 0.335. The number of rotatable bonds is 0. The summed E-state index contributed by atoms with van der Waals surface area (Å²) in [5.74, 6) is 0. The van der Waals surface area contributed by atoms with Crippen molar-refractivity contribution >= 4 is 71.5 Å². The van der Waals surface area contributed by atoms with E-state index >= 15 is 0 Å². The first-order valence-corrected chi connectivity index (χ1v) is 33.0. The van der Waals surface area contributed by atoms with Crippen LogP contribution in [0.2, 0.25) is 10.6 Å². The second kappa shape index (κ2) is 20.4. The van der Waals surface area contributed by atoms with Crippen molar-refractivity contribution in [2.75, 3.05) is 0 Å². The molecule has 0 amide bonds. The van der Waals surface area contributed by atoms with Crippen molar-refractivity contribution in [3.05, 3.63) is 0 Å². The summed E-state index contributed by atoms with van der Waals surface area (Å²) in [6.45, 7) is 0. The molecule has 1 saturated heterocycles. The molecule has 1 fully saturated rings. The average molecular weight is 698 g/mol. The molecule has 0 nitrogen and oxygen atoms in total. The van der Waals surface area contributed by atoms with Crippen molar-refractivity contribution in [3.8, 4) is 0 Å². The molecule has 1 aliphatic rings. The summed E-state index contributed by atoms with van der Waals surface area (Å²) in [6.07, 6.45) is 21.4. The molecule has 0 unspecified atom stereocenters. The topological polar surface area (TPSA) is 0 Å². The van der Waals surface area contributed by atoms with Gasteiger partial charge in [-0.25, -0.2) is 0 Å². The van der Waals surface area contributed by atoms with E-state index in [9.17, 15) is 0 Å². The molecule has 22 heavy (non-hydrogen) atoms. The van der Waals surface area contributed by atoms with E-state index in [0.29, 0.717) is 0 Å². The van der Waals surface area contributed by atoms with Crippen LogP contribution < -0.4 is 0 Å². The summed E-state index contributed by atoms with van der Waals surface area (Å²) < 4.78 is 0. The molecule has 1 aliphatic heterocycles. The van der Waals surface area contributed by atoms with Crippen LogP contribution in [0.15, 0.2) is 0 Å². The van der Waals surface area contributed by atoms with Gasteiger partial charge in [-0.2, -0.15) is 0 Å². The Bertz CT molecular complexity index is 117. The van der Waals surface area contributed by atoms with Gasteiger partial charge in [0.25, 0.3) is 0 Å². The fourth-order valence-corrected chi connectivity index (χ4v) is 130. The molecule has 0 N–H and O–H groups in total. The van der Waals surface area contributed by atoms with Gasteiger partial charge in [0.05, 0.1) is 0 Å². The van der Waals surface area contributed by atoms with Crippen LogP contribution in [0.1, 0.15) is 89.9 Å².